The molecule has 0 aliphatic carbocycles. The number of methoxy groups -OCH3 is 2. The molecule has 0 saturated carbocycles. The number of halogens is 1. The molecule has 0 saturated heterocycles. The average molecular weight is 302 g/mol. The summed E-state index contributed by atoms with van der Waals surface area (Å²) in [5, 5.41) is 3.74. The van der Waals surface area contributed by atoms with E-state index >= 15 is 0 Å². The molecule has 0 spiro atoms. The second kappa shape index (κ2) is 7.21. The van der Waals surface area contributed by atoms with Crippen LogP contribution in [-0.2, 0) is 0 Å². The molecule has 0 aliphatic heterocycles. The van der Waals surface area contributed by atoms with E-state index in [0.717, 1.165) is 0 Å². The van der Waals surface area contributed by atoms with Crippen LogP contribution < -0.4 is 14.9 Å². The first-order chi connectivity index (χ1) is 10.7. The Morgan fingerprint density at radius 2 is 1.86 bits per heavy atom. The van der Waals surface area contributed by atoms with Gasteiger partial charge in [-0.3, -0.25) is 4.79 Å². The van der Waals surface area contributed by atoms with E-state index < -0.39 is 11.7 Å². The molecular formula is C16H15FN2O3. The van der Waals surface area contributed by atoms with Gasteiger partial charge < -0.3 is 9.47 Å². The maximum atomic E-state index is 13.4. The quantitative estimate of drug-likeness (QED) is 0.682. The van der Waals surface area contributed by atoms with Crippen LogP contribution in [0.4, 0.5) is 4.39 Å². The van der Waals surface area contributed by atoms with Crippen LogP contribution in [0.1, 0.15) is 15.9 Å². The highest BCUT2D eigenvalue weighted by Crippen LogP contribution is 2.27. The number of hydrazone groups is 1. The molecule has 0 fully saturated rings. The van der Waals surface area contributed by atoms with Crippen molar-refractivity contribution in [1.29, 1.82) is 0 Å². The topological polar surface area (TPSA) is 59.9 Å². The molecule has 1 amide bonds. The lowest BCUT2D eigenvalue weighted by atomic mass is 10.2. The lowest BCUT2D eigenvalue weighted by Crippen LogP contribution is -2.17. The number of hydrogen-bond donors (Lipinski definition) is 1. The van der Waals surface area contributed by atoms with Crippen molar-refractivity contribution in [2.45, 2.75) is 0 Å². The molecule has 6 heteroatoms. The number of ether oxygens (including phenoxy) is 2. The third-order valence-corrected chi connectivity index (χ3v) is 2.92. The van der Waals surface area contributed by atoms with Gasteiger partial charge in [-0.25, -0.2) is 9.82 Å². The second-order valence-corrected chi connectivity index (χ2v) is 4.29. The van der Waals surface area contributed by atoms with E-state index in [0.29, 0.717) is 17.1 Å². The smallest absolute Gasteiger partial charge is 0.271 e. The fourth-order valence-electron chi connectivity index (χ4n) is 1.78. The average Bonchev–Trinajstić information content (AvgIpc) is 2.55. The number of amides is 1. The molecule has 114 valence electrons. The van der Waals surface area contributed by atoms with Crippen molar-refractivity contribution >= 4 is 12.1 Å². The van der Waals surface area contributed by atoms with Gasteiger partial charge in [0.05, 0.1) is 20.4 Å². The predicted octanol–water partition coefficient (Wildman–Crippen LogP) is 2.61. The van der Waals surface area contributed by atoms with Crippen LogP contribution in [0.3, 0.4) is 0 Å². The van der Waals surface area contributed by atoms with Crippen LogP contribution >= 0.6 is 0 Å². The maximum Gasteiger partial charge on any atom is 0.271 e. The summed E-state index contributed by atoms with van der Waals surface area (Å²) < 4.78 is 23.6. The molecule has 2 aromatic rings. The van der Waals surface area contributed by atoms with Crippen molar-refractivity contribution in [2.75, 3.05) is 14.2 Å². The summed E-state index contributed by atoms with van der Waals surface area (Å²) in [5.74, 6) is 0.113. The summed E-state index contributed by atoms with van der Waals surface area (Å²) in [7, 11) is 2.99. The zero-order valence-electron chi connectivity index (χ0n) is 12.2. The van der Waals surface area contributed by atoms with Gasteiger partial charge in [-0.1, -0.05) is 18.2 Å². The van der Waals surface area contributed by atoms with Crippen LogP contribution in [0.25, 0.3) is 0 Å². The minimum absolute atomic E-state index is 0.287. The zero-order chi connectivity index (χ0) is 15.9. The Kier molecular flexibility index (Phi) is 5.08. The Bertz CT molecular complexity index is 702. The second-order valence-electron chi connectivity index (χ2n) is 4.29. The van der Waals surface area contributed by atoms with Crippen molar-refractivity contribution in [3.05, 3.63) is 59.4 Å². The first-order valence-electron chi connectivity index (χ1n) is 6.45. The van der Waals surface area contributed by atoms with Crippen LogP contribution in [0.15, 0.2) is 47.6 Å². The third kappa shape index (κ3) is 3.60. The molecule has 22 heavy (non-hydrogen) atoms. The van der Waals surface area contributed by atoms with Crippen LogP contribution in [-0.4, -0.2) is 26.3 Å². The number of nitrogens with zero attached hydrogens (tertiary/aromatic N) is 1. The van der Waals surface area contributed by atoms with E-state index in [2.05, 4.69) is 10.5 Å². The van der Waals surface area contributed by atoms with Crippen molar-refractivity contribution < 1.29 is 18.7 Å². The highest BCUT2D eigenvalue weighted by atomic mass is 19.1. The fraction of sp³-hybridized carbons (Fsp3) is 0.125. The molecule has 0 radical (unpaired) electrons. The molecule has 5 nitrogen and oxygen atoms in total. The Balaban J connectivity index is 2.08. The summed E-state index contributed by atoms with van der Waals surface area (Å²) in [5.41, 5.74) is 2.97. The molecular weight excluding hydrogens is 287 g/mol. The third-order valence-electron chi connectivity index (χ3n) is 2.92. The molecule has 2 aromatic carbocycles. The van der Waals surface area contributed by atoms with Gasteiger partial charge in [0.15, 0.2) is 11.5 Å². The number of hydrogen-bond acceptors (Lipinski definition) is 4. The van der Waals surface area contributed by atoms with E-state index in [1.165, 1.54) is 32.6 Å². The maximum absolute atomic E-state index is 13.4. The lowest BCUT2D eigenvalue weighted by molar-refractivity contribution is 0.0954. The number of nitrogens with one attached hydrogen (secondary N) is 1. The molecule has 0 unspecified atom stereocenters. The predicted molar refractivity (Wildman–Crippen MR) is 81.0 cm³/mol. The molecule has 0 atom stereocenters. The van der Waals surface area contributed by atoms with Crippen LogP contribution in [0, 0.1) is 5.82 Å². The summed E-state index contributed by atoms with van der Waals surface area (Å²) in [6, 6.07) is 10.9. The normalized spacial score (nSPS) is 10.5. The van der Waals surface area contributed by atoms with E-state index in [1.54, 1.807) is 30.3 Å². The van der Waals surface area contributed by atoms with Gasteiger partial charge in [0, 0.05) is 11.1 Å². The minimum atomic E-state index is -0.437. The van der Waals surface area contributed by atoms with Gasteiger partial charge in [-0.15, -0.1) is 0 Å². The number of benzene rings is 2. The highest BCUT2D eigenvalue weighted by Gasteiger charge is 2.10. The number of carbonyl (C=O) groups is 1. The Hall–Kier alpha value is -2.89. The number of rotatable bonds is 5. The van der Waals surface area contributed by atoms with Gasteiger partial charge in [-0.05, 0) is 24.3 Å². The van der Waals surface area contributed by atoms with Gasteiger partial charge >= 0.3 is 0 Å². The molecule has 0 bridgehead atoms. The molecule has 0 aromatic heterocycles. The molecule has 2 rings (SSSR count). The lowest BCUT2D eigenvalue weighted by Gasteiger charge is -2.08. The molecule has 0 aliphatic rings. The van der Waals surface area contributed by atoms with Gasteiger partial charge in [0.2, 0.25) is 0 Å². The Morgan fingerprint density at radius 3 is 2.55 bits per heavy atom. The summed E-state index contributed by atoms with van der Waals surface area (Å²) in [4.78, 5) is 12.0. The van der Waals surface area contributed by atoms with Crippen LogP contribution in [0.2, 0.25) is 0 Å². The Morgan fingerprint density at radius 1 is 1.14 bits per heavy atom. The largest absolute Gasteiger partial charge is 0.493 e. The van der Waals surface area contributed by atoms with Gasteiger partial charge in [0.1, 0.15) is 5.82 Å². The standard InChI is InChI=1S/C16H15FN2O3/c1-21-14-8-7-11(9-15(14)22-2)16(20)19-18-10-12-5-3-4-6-13(12)17/h3-10H,1-2H3,(H,19,20)/b18-10+. The van der Waals surface area contributed by atoms with Crippen molar-refractivity contribution in [2.24, 2.45) is 5.10 Å². The first kappa shape index (κ1) is 15.5. The van der Waals surface area contributed by atoms with Crippen LogP contribution in [0.5, 0.6) is 11.5 Å². The summed E-state index contributed by atoms with van der Waals surface area (Å²) in [6.45, 7) is 0. The van der Waals surface area contributed by atoms with Crippen molar-refractivity contribution in [3.8, 4) is 11.5 Å². The molecule has 1 N–H and O–H groups in total. The van der Waals surface area contributed by atoms with Crippen molar-refractivity contribution in [1.82, 2.24) is 5.43 Å². The summed E-state index contributed by atoms with van der Waals surface area (Å²) >= 11 is 0. The molecule has 0 heterocycles. The number of carbonyl (C=O) groups excluding carboxylic acids is 1. The fourth-order valence-corrected chi connectivity index (χ4v) is 1.78. The summed E-state index contributed by atoms with van der Waals surface area (Å²) in [6.07, 6.45) is 1.24. The van der Waals surface area contributed by atoms with Crippen molar-refractivity contribution in [3.63, 3.8) is 0 Å². The van der Waals surface area contributed by atoms with E-state index in [-0.39, 0.29) is 5.56 Å². The van der Waals surface area contributed by atoms with E-state index in [4.69, 9.17) is 9.47 Å². The highest BCUT2D eigenvalue weighted by molar-refractivity contribution is 5.95. The van der Waals surface area contributed by atoms with E-state index in [1.807, 2.05) is 0 Å². The van der Waals surface area contributed by atoms with Gasteiger partial charge in [0.25, 0.3) is 5.91 Å². The Labute approximate surface area is 127 Å². The van der Waals surface area contributed by atoms with Gasteiger partial charge in [-0.2, -0.15) is 5.10 Å². The van der Waals surface area contributed by atoms with E-state index in [9.17, 15) is 9.18 Å². The SMILES string of the molecule is COc1ccc(C(=O)N/N=C/c2ccccc2F)cc1OC. The monoisotopic (exact) mass is 302 g/mol. The minimum Gasteiger partial charge on any atom is -0.493 e. The zero-order valence-corrected chi connectivity index (χ0v) is 12.2. The first-order valence-corrected chi connectivity index (χ1v) is 6.45.